The van der Waals surface area contributed by atoms with Crippen molar-refractivity contribution in [3.8, 4) is 5.75 Å². The van der Waals surface area contributed by atoms with E-state index >= 15 is 0 Å². The molecule has 0 saturated carbocycles. The predicted molar refractivity (Wildman–Crippen MR) is 107 cm³/mol. The van der Waals surface area contributed by atoms with Crippen LogP contribution in [0.2, 0.25) is 0 Å². The monoisotopic (exact) mass is 371 g/mol. The number of ether oxygens (including phenoxy) is 1. The number of nitrogens with one attached hydrogen (secondary N) is 1. The molecule has 5 nitrogen and oxygen atoms in total. The summed E-state index contributed by atoms with van der Waals surface area (Å²) in [5, 5.41) is 3.44. The van der Waals surface area contributed by atoms with Crippen molar-refractivity contribution >= 4 is 28.3 Å². The van der Waals surface area contributed by atoms with E-state index in [0.29, 0.717) is 28.0 Å². The highest BCUT2D eigenvalue weighted by Crippen LogP contribution is 2.32. The maximum atomic E-state index is 12.9. The molecule has 1 amide bonds. The third kappa shape index (κ3) is 3.64. The zero-order valence-corrected chi connectivity index (χ0v) is 14.9. The van der Waals surface area contributed by atoms with Crippen LogP contribution in [0.4, 0.5) is 5.69 Å². The summed E-state index contributed by atoms with van der Waals surface area (Å²) >= 11 is 0. The van der Waals surface area contributed by atoms with Crippen molar-refractivity contribution in [1.29, 1.82) is 0 Å². The fraction of sp³-hybridized carbons (Fsp3) is 0.0435. The zero-order chi connectivity index (χ0) is 19.3. The molecule has 0 saturated heterocycles. The number of fused-ring (bicyclic) bond motifs is 1. The van der Waals surface area contributed by atoms with Crippen molar-refractivity contribution in [2.75, 3.05) is 11.9 Å². The molecule has 0 bridgehead atoms. The Kier molecular flexibility index (Phi) is 4.89. The highest BCUT2D eigenvalue weighted by Gasteiger charge is 2.23. The number of ketones is 1. The third-order valence-corrected chi connectivity index (χ3v) is 4.22. The Labute approximate surface area is 161 Å². The Bertz CT molecular complexity index is 1120. The minimum atomic E-state index is -0.377. The maximum Gasteiger partial charge on any atom is 0.262 e. The Hall–Kier alpha value is -3.86. The fourth-order valence-corrected chi connectivity index (χ4v) is 2.89. The Morgan fingerprint density at radius 1 is 0.821 bits per heavy atom. The van der Waals surface area contributed by atoms with Crippen LogP contribution in [0.25, 0.3) is 11.0 Å². The van der Waals surface area contributed by atoms with Crippen LogP contribution in [-0.4, -0.2) is 18.3 Å². The number of hydrogen-bond donors (Lipinski definition) is 1. The molecule has 0 radical (unpaired) electrons. The van der Waals surface area contributed by atoms with Gasteiger partial charge in [0.25, 0.3) is 5.91 Å². The van der Waals surface area contributed by atoms with Gasteiger partial charge >= 0.3 is 0 Å². The van der Waals surface area contributed by atoms with Gasteiger partial charge in [-0.15, -0.1) is 0 Å². The minimum absolute atomic E-state index is 0.0976. The number of carbonyl (C=O) groups is 2. The normalized spacial score (nSPS) is 10.6. The predicted octanol–water partition coefficient (Wildman–Crippen LogP) is 4.68. The van der Waals surface area contributed by atoms with E-state index in [0.717, 1.165) is 0 Å². The Morgan fingerprint density at radius 3 is 2.21 bits per heavy atom. The molecule has 4 aromatic rings. The summed E-state index contributed by atoms with van der Waals surface area (Å²) in [5.74, 6) is 0.0179. The van der Waals surface area contributed by atoms with Gasteiger partial charge in [0, 0.05) is 10.9 Å². The summed E-state index contributed by atoms with van der Waals surface area (Å²) in [6.45, 7) is -0.178. The minimum Gasteiger partial charge on any atom is -0.484 e. The van der Waals surface area contributed by atoms with Crippen LogP contribution in [0.3, 0.4) is 0 Å². The lowest BCUT2D eigenvalue weighted by atomic mass is 10.1. The summed E-state index contributed by atoms with van der Waals surface area (Å²) in [4.78, 5) is 25.4. The molecule has 1 N–H and O–H groups in total. The zero-order valence-electron chi connectivity index (χ0n) is 14.9. The van der Waals surface area contributed by atoms with Crippen LogP contribution in [0.15, 0.2) is 89.3 Å². The standard InChI is InChI=1S/C23H17NO4/c25-20(15-27-17-11-5-2-6-12-17)24-21-18-13-7-8-14-19(18)28-23(21)22(26)16-9-3-1-4-10-16/h1-14H,15H2,(H,24,25). The lowest BCUT2D eigenvalue weighted by Gasteiger charge is -2.08. The summed E-state index contributed by atoms with van der Waals surface area (Å²) < 4.78 is 11.3. The van der Waals surface area contributed by atoms with E-state index in [9.17, 15) is 9.59 Å². The van der Waals surface area contributed by atoms with Gasteiger partial charge in [0.15, 0.2) is 12.4 Å². The highest BCUT2D eigenvalue weighted by atomic mass is 16.5. The van der Waals surface area contributed by atoms with Gasteiger partial charge in [0.2, 0.25) is 5.78 Å². The Morgan fingerprint density at radius 2 is 1.46 bits per heavy atom. The van der Waals surface area contributed by atoms with E-state index in [4.69, 9.17) is 9.15 Å². The molecule has 0 aliphatic heterocycles. The molecule has 0 spiro atoms. The first-order valence-corrected chi connectivity index (χ1v) is 8.81. The summed E-state index contributed by atoms with van der Waals surface area (Å²) in [5.41, 5.74) is 1.37. The van der Waals surface area contributed by atoms with Crippen molar-refractivity contribution < 1.29 is 18.7 Å². The molecule has 0 aliphatic carbocycles. The van der Waals surface area contributed by atoms with E-state index in [2.05, 4.69) is 5.32 Å². The molecule has 3 aromatic carbocycles. The van der Waals surface area contributed by atoms with Crippen molar-refractivity contribution in [3.63, 3.8) is 0 Å². The van der Waals surface area contributed by atoms with E-state index < -0.39 is 0 Å². The SMILES string of the molecule is O=C(COc1ccccc1)Nc1c(C(=O)c2ccccc2)oc2ccccc12. The first kappa shape index (κ1) is 17.5. The number of rotatable bonds is 6. The van der Waals surface area contributed by atoms with Crippen LogP contribution >= 0.6 is 0 Å². The van der Waals surface area contributed by atoms with E-state index in [1.165, 1.54) is 0 Å². The molecule has 138 valence electrons. The molecule has 5 heteroatoms. The molecular formula is C23H17NO4. The first-order valence-electron chi connectivity index (χ1n) is 8.81. The van der Waals surface area contributed by atoms with Gasteiger partial charge in [-0.2, -0.15) is 0 Å². The smallest absolute Gasteiger partial charge is 0.262 e. The van der Waals surface area contributed by atoms with E-state index in [-0.39, 0.29) is 24.1 Å². The topological polar surface area (TPSA) is 68.5 Å². The molecule has 1 heterocycles. The molecule has 0 atom stereocenters. The van der Waals surface area contributed by atoms with Gasteiger partial charge in [-0.05, 0) is 24.3 Å². The molecule has 0 fully saturated rings. The van der Waals surface area contributed by atoms with Crippen molar-refractivity contribution in [2.24, 2.45) is 0 Å². The van der Waals surface area contributed by atoms with Gasteiger partial charge in [-0.3, -0.25) is 9.59 Å². The van der Waals surface area contributed by atoms with Gasteiger partial charge in [-0.25, -0.2) is 0 Å². The second kappa shape index (κ2) is 7.80. The van der Waals surface area contributed by atoms with Crippen LogP contribution in [0, 0.1) is 0 Å². The lowest BCUT2D eigenvalue weighted by Crippen LogP contribution is -2.21. The summed E-state index contributed by atoms with van der Waals surface area (Å²) in [6, 6.07) is 25.1. The average Bonchev–Trinajstić information content (AvgIpc) is 3.11. The van der Waals surface area contributed by atoms with Gasteiger partial charge < -0.3 is 14.5 Å². The average molecular weight is 371 g/mol. The molecule has 28 heavy (non-hydrogen) atoms. The second-order valence-corrected chi connectivity index (χ2v) is 6.15. The van der Waals surface area contributed by atoms with Gasteiger partial charge in [-0.1, -0.05) is 60.7 Å². The fourth-order valence-electron chi connectivity index (χ4n) is 2.89. The van der Waals surface area contributed by atoms with Crippen LogP contribution in [-0.2, 0) is 4.79 Å². The van der Waals surface area contributed by atoms with Crippen molar-refractivity contribution in [1.82, 2.24) is 0 Å². The van der Waals surface area contributed by atoms with Gasteiger partial charge in [0.05, 0.1) is 5.69 Å². The van der Waals surface area contributed by atoms with Crippen LogP contribution in [0.5, 0.6) is 5.75 Å². The van der Waals surface area contributed by atoms with Crippen molar-refractivity contribution in [2.45, 2.75) is 0 Å². The molecule has 0 aliphatic rings. The van der Waals surface area contributed by atoms with Gasteiger partial charge in [0.1, 0.15) is 11.3 Å². The van der Waals surface area contributed by atoms with Crippen LogP contribution < -0.4 is 10.1 Å². The largest absolute Gasteiger partial charge is 0.484 e. The second-order valence-electron chi connectivity index (χ2n) is 6.15. The number of carbonyl (C=O) groups excluding carboxylic acids is 2. The maximum absolute atomic E-state index is 12.9. The van der Waals surface area contributed by atoms with Crippen LogP contribution in [0.1, 0.15) is 16.1 Å². The number of amides is 1. The number of benzene rings is 3. The number of anilines is 1. The number of furan rings is 1. The number of hydrogen-bond acceptors (Lipinski definition) is 4. The van der Waals surface area contributed by atoms with E-state index in [1.54, 1.807) is 48.5 Å². The molecule has 1 aromatic heterocycles. The Balaban J connectivity index is 1.62. The molecule has 0 unspecified atom stereocenters. The first-order chi connectivity index (χ1) is 13.7. The quantitative estimate of drug-likeness (QED) is 0.500. The number of para-hydroxylation sites is 2. The summed E-state index contributed by atoms with van der Waals surface area (Å²) in [6.07, 6.45) is 0. The highest BCUT2D eigenvalue weighted by molar-refractivity contribution is 6.17. The van der Waals surface area contributed by atoms with Crippen molar-refractivity contribution in [3.05, 3.63) is 96.3 Å². The van der Waals surface area contributed by atoms with E-state index in [1.807, 2.05) is 36.4 Å². The third-order valence-electron chi connectivity index (χ3n) is 4.22. The molecular weight excluding hydrogens is 354 g/mol. The summed E-state index contributed by atoms with van der Waals surface area (Å²) in [7, 11) is 0. The lowest BCUT2D eigenvalue weighted by molar-refractivity contribution is -0.118. The molecule has 4 rings (SSSR count).